The number of benzene rings is 1. The van der Waals surface area contributed by atoms with Gasteiger partial charge in [0.25, 0.3) is 0 Å². The van der Waals surface area contributed by atoms with Crippen LogP contribution in [0.25, 0.3) is 0 Å². The van der Waals surface area contributed by atoms with Crippen molar-refractivity contribution in [3.05, 3.63) is 23.8 Å². The highest BCUT2D eigenvalue weighted by molar-refractivity contribution is 5.95. The average Bonchev–Trinajstić information content (AvgIpc) is 2.29. The lowest BCUT2D eigenvalue weighted by atomic mass is 10.2. The molecule has 1 aromatic rings. The van der Waals surface area contributed by atoms with Crippen molar-refractivity contribution in [2.45, 2.75) is 32.8 Å². The highest BCUT2D eigenvalue weighted by Gasteiger charge is 2.10. The SMILES string of the molecule is CCCC(C)Oc1ccc(C(=N)N)cc1OC. The first-order valence-corrected chi connectivity index (χ1v) is 5.77. The van der Waals surface area contributed by atoms with E-state index < -0.39 is 0 Å². The van der Waals surface area contributed by atoms with E-state index in [0.29, 0.717) is 17.1 Å². The minimum Gasteiger partial charge on any atom is -0.493 e. The topological polar surface area (TPSA) is 68.3 Å². The minimum atomic E-state index is 0.0245. The fourth-order valence-corrected chi connectivity index (χ4v) is 1.61. The number of nitrogens with two attached hydrogens (primary N) is 1. The number of nitrogen functional groups attached to an aromatic ring is 1. The predicted octanol–water partition coefficient (Wildman–Crippen LogP) is 2.55. The van der Waals surface area contributed by atoms with Crippen molar-refractivity contribution < 1.29 is 9.47 Å². The van der Waals surface area contributed by atoms with E-state index in [2.05, 4.69) is 6.92 Å². The van der Waals surface area contributed by atoms with E-state index in [1.807, 2.05) is 6.92 Å². The number of hydrogen-bond acceptors (Lipinski definition) is 3. The summed E-state index contributed by atoms with van der Waals surface area (Å²) in [7, 11) is 1.58. The van der Waals surface area contributed by atoms with Crippen molar-refractivity contribution in [3.8, 4) is 11.5 Å². The van der Waals surface area contributed by atoms with Crippen LogP contribution in [0, 0.1) is 5.41 Å². The normalized spacial score (nSPS) is 11.9. The van der Waals surface area contributed by atoms with Crippen LogP contribution in [0.3, 0.4) is 0 Å². The van der Waals surface area contributed by atoms with E-state index in [1.165, 1.54) is 0 Å². The molecule has 1 rings (SSSR count). The molecule has 0 saturated heterocycles. The van der Waals surface area contributed by atoms with E-state index in [-0.39, 0.29) is 11.9 Å². The summed E-state index contributed by atoms with van der Waals surface area (Å²) in [6.07, 6.45) is 2.23. The molecule has 0 radical (unpaired) electrons. The van der Waals surface area contributed by atoms with Gasteiger partial charge < -0.3 is 15.2 Å². The summed E-state index contributed by atoms with van der Waals surface area (Å²) >= 11 is 0. The third-order valence-corrected chi connectivity index (χ3v) is 2.50. The minimum absolute atomic E-state index is 0.0245. The van der Waals surface area contributed by atoms with E-state index in [0.717, 1.165) is 12.8 Å². The molecule has 1 aromatic carbocycles. The molecule has 0 amide bonds. The molecule has 0 aliphatic heterocycles. The molecule has 17 heavy (non-hydrogen) atoms. The van der Waals surface area contributed by atoms with Crippen LogP contribution in [-0.4, -0.2) is 19.0 Å². The quantitative estimate of drug-likeness (QED) is 0.589. The maximum absolute atomic E-state index is 7.37. The molecule has 0 aromatic heterocycles. The molecule has 0 spiro atoms. The first-order chi connectivity index (χ1) is 8.08. The van der Waals surface area contributed by atoms with E-state index in [9.17, 15) is 0 Å². The summed E-state index contributed by atoms with van der Waals surface area (Å²) in [6.45, 7) is 4.15. The molecule has 94 valence electrons. The summed E-state index contributed by atoms with van der Waals surface area (Å²) in [4.78, 5) is 0. The molecule has 1 atom stereocenters. The van der Waals surface area contributed by atoms with Gasteiger partial charge in [0.2, 0.25) is 0 Å². The zero-order chi connectivity index (χ0) is 12.8. The molecular weight excluding hydrogens is 216 g/mol. The van der Waals surface area contributed by atoms with Gasteiger partial charge in [-0.1, -0.05) is 13.3 Å². The number of nitrogens with one attached hydrogen (secondary N) is 1. The van der Waals surface area contributed by atoms with Crippen LogP contribution in [0.2, 0.25) is 0 Å². The van der Waals surface area contributed by atoms with E-state index in [4.69, 9.17) is 20.6 Å². The first-order valence-electron chi connectivity index (χ1n) is 5.77. The van der Waals surface area contributed by atoms with E-state index in [1.54, 1.807) is 25.3 Å². The summed E-state index contributed by atoms with van der Waals surface area (Å²) in [5, 5.41) is 7.37. The number of rotatable bonds is 6. The summed E-state index contributed by atoms with van der Waals surface area (Å²) < 4.78 is 11.0. The Kier molecular flexibility index (Phi) is 4.82. The Balaban J connectivity index is 2.88. The first kappa shape index (κ1) is 13.4. The molecule has 0 aliphatic rings. The number of hydrogen-bond donors (Lipinski definition) is 2. The van der Waals surface area contributed by atoms with Gasteiger partial charge in [-0.15, -0.1) is 0 Å². The van der Waals surface area contributed by atoms with Crippen LogP contribution in [0.4, 0.5) is 0 Å². The van der Waals surface area contributed by atoms with Crippen LogP contribution in [-0.2, 0) is 0 Å². The lowest BCUT2D eigenvalue weighted by molar-refractivity contribution is 0.201. The van der Waals surface area contributed by atoms with Gasteiger partial charge in [0.15, 0.2) is 11.5 Å². The van der Waals surface area contributed by atoms with Crippen molar-refractivity contribution in [2.24, 2.45) is 5.73 Å². The Bertz CT molecular complexity index is 391. The standard InChI is InChI=1S/C13H20N2O2/c1-4-5-9(2)17-11-7-6-10(13(14)15)8-12(11)16-3/h6-9H,4-5H2,1-3H3,(H3,14,15). The van der Waals surface area contributed by atoms with Crippen molar-refractivity contribution in [2.75, 3.05) is 7.11 Å². The average molecular weight is 236 g/mol. The molecule has 0 bridgehead atoms. The highest BCUT2D eigenvalue weighted by Crippen LogP contribution is 2.29. The van der Waals surface area contributed by atoms with Crippen LogP contribution >= 0.6 is 0 Å². The zero-order valence-corrected chi connectivity index (χ0v) is 10.6. The molecule has 4 heteroatoms. The third-order valence-electron chi connectivity index (χ3n) is 2.50. The highest BCUT2D eigenvalue weighted by atomic mass is 16.5. The summed E-state index contributed by atoms with van der Waals surface area (Å²) in [6, 6.07) is 5.27. The lowest BCUT2D eigenvalue weighted by Crippen LogP contribution is -2.13. The molecule has 0 aliphatic carbocycles. The summed E-state index contributed by atoms with van der Waals surface area (Å²) in [5.74, 6) is 1.33. The maximum Gasteiger partial charge on any atom is 0.161 e. The molecule has 0 saturated carbocycles. The van der Waals surface area contributed by atoms with Gasteiger partial charge in [-0.3, -0.25) is 5.41 Å². The molecule has 4 nitrogen and oxygen atoms in total. The smallest absolute Gasteiger partial charge is 0.161 e. The molecule has 0 heterocycles. The van der Waals surface area contributed by atoms with Gasteiger partial charge in [0.1, 0.15) is 5.84 Å². The number of methoxy groups -OCH3 is 1. The van der Waals surface area contributed by atoms with Crippen LogP contribution in [0.5, 0.6) is 11.5 Å². The maximum atomic E-state index is 7.37. The molecular formula is C13H20N2O2. The van der Waals surface area contributed by atoms with Crippen molar-refractivity contribution in [1.29, 1.82) is 5.41 Å². The fraction of sp³-hybridized carbons (Fsp3) is 0.462. The molecule has 3 N–H and O–H groups in total. The second kappa shape index (κ2) is 6.13. The molecule has 0 fully saturated rings. The van der Waals surface area contributed by atoms with Crippen molar-refractivity contribution in [3.63, 3.8) is 0 Å². The second-order valence-corrected chi connectivity index (χ2v) is 4.00. The second-order valence-electron chi connectivity index (χ2n) is 4.00. The zero-order valence-electron chi connectivity index (χ0n) is 10.6. The van der Waals surface area contributed by atoms with Crippen LogP contribution in [0.15, 0.2) is 18.2 Å². The lowest BCUT2D eigenvalue weighted by Gasteiger charge is -2.16. The third kappa shape index (κ3) is 3.66. The monoisotopic (exact) mass is 236 g/mol. The summed E-state index contributed by atoms with van der Waals surface area (Å²) in [5.41, 5.74) is 6.06. The van der Waals surface area contributed by atoms with Gasteiger partial charge >= 0.3 is 0 Å². The van der Waals surface area contributed by atoms with Crippen molar-refractivity contribution in [1.82, 2.24) is 0 Å². The predicted molar refractivity (Wildman–Crippen MR) is 69.0 cm³/mol. The fourth-order valence-electron chi connectivity index (χ4n) is 1.61. The Morgan fingerprint density at radius 3 is 2.65 bits per heavy atom. The van der Waals surface area contributed by atoms with Gasteiger partial charge in [-0.05, 0) is 31.5 Å². The number of amidine groups is 1. The van der Waals surface area contributed by atoms with Gasteiger partial charge in [-0.25, -0.2) is 0 Å². The van der Waals surface area contributed by atoms with Crippen molar-refractivity contribution >= 4 is 5.84 Å². The Morgan fingerprint density at radius 2 is 2.12 bits per heavy atom. The van der Waals surface area contributed by atoms with Gasteiger partial charge in [-0.2, -0.15) is 0 Å². The largest absolute Gasteiger partial charge is 0.493 e. The Labute approximate surface area is 102 Å². The van der Waals surface area contributed by atoms with Gasteiger partial charge in [0.05, 0.1) is 13.2 Å². The van der Waals surface area contributed by atoms with Crippen LogP contribution in [0.1, 0.15) is 32.3 Å². The molecule has 1 unspecified atom stereocenters. The Hall–Kier alpha value is -1.71. The Morgan fingerprint density at radius 1 is 1.41 bits per heavy atom. The van der Waals surface area contributed by atoms with Gasteiger partial charge in [0, 0.05) is 5.56 Å². The number of ether oxygens (including phenoxy) is 2. The van der Waals surface area contributed by atoms with Crippen LogP contribution < -0.4 is 15.2 Å². The van der Waals surface area contributed by atoms with E-state index >= 15 is 0 Å².